The molecule has 0 fully saturated rings. The molecule has 3 N–H and O–H groups in total. The van der Waals surface area contributed by atoms with Crippen molar-refractivity contribution in [1.29, 1.82) is 0 Å². The van der Waals surface area contributed by atoms with E-state index in [1.165, 1.54) is 50.8 Å². The predicted molar refractivity (Wildman–Crippen MR) is 129 cm³/mol. The van der Waals surface area contributed by atoms with Gasteiger partial charge in [-0.1, -0.05) is 42.0 Å². The van der Waals surface area contributed by atoms with Gasteiger partial charge < -0.3 is 15.6 Å². The largest absolute Gasteiger partial charge is 0.357 e. The second-order valence-corrected chi connectivity index (χ2v) is 9.14. The van der Waals surface area contributed by atoms with E-state index in [-0.39, 0.29) is 5.91 Å². The van der Waals surface area contributed by atoms with Crippen molar-refractivity contribution in [3.8, 4) is 11.1 Å². The zero-order valence-corrected chi connectivity index (χ0v) is 18.3. The first-order chi connectivity index (χ1) is 15.7. The van der Waals surface area contributed by atoms with Crippen molar-refractivity contribution in [2.75, 3.05) is 0 Å². The van der Waals surface area contributed by atoms with Crippen LogP contribution in [0.4, 0.5) is 0 Å². The number of fused-ring (bicyclic) bond motifs is 4. The maximum absolute atomic E-state index is 11.9. The van der Waals surface area contributed by atoms with Crippen LogP contribution in [0.2, 0.25) is 0 Å². The molecule has 32 heavy (non-hydrogen) atoms. The highest BCUT2D eigenvalue weighted by molar-refractivity contribution is 5.99. The number of H-pyrrole nitrogens is 1. The first kappa shape index (κ1) is 19.3. The van der Waals surface area contributed by atoms with Crippen LogP contribution in [0.3, 0.4) is 0 Å². The van der Waals surface area contributed by atoms with Gasteiger partial charge in [-0.15, -0.1) is 0 Å². The first-order valence-electron chi connectivity index (χ1n) is 11.5. The number of hydrogen-bond acceptors (Lipinski definition) is 2. The Morgan fingerprint density at radius 2 is 1.81 bits per heavy atom. The molecule has 0 saturated heterocycles. The average molecular weight is 422 g/mol. The highest BCUT2D eigenvalue weighted by Gasteiger charge is 2.24. The quantitative estimate of drug-likeness (QED) is 0.404. The Labute approximate surface area is 188 Å². The number of aromatic amines is 1. The molecule has 1 aliphatic carbocycles. The lowest BCUT2D eigenvalue weighted by atomic mass is 9.90. The van der Waals surface area contributed by atoms with Gasteiger partial charge in [0.25, 0.3) is 5.91 Å². The highest BCUT2D eigenvalue weighted by atomic mass is 16.1. The normalized spacial score (nSPS) is 17.3. The molecule has 2 heterocycles. The zero-order valence-electron chi connectivity index (χ0n) is 18.3. The molecule has 0 bridgehead atoms. The van der Waals surface area contributed by atoms with E-state index in [4.69, 9.17) is 0 Å². The van der Waals surface area contributed by atoms with Crippen molar-refractivity contribution in [3.05, 3.63) is 94.2 Å². The van der Waals surface area contributed by atoms with Gasteiger partial charge in [-0.3, -0.25) is 4.79 Å². The van der Waals surface area contributed by atoms with Crippen LogP contribution >= 0.6 is 0 Å². The summed E-state index contributed by atoms with van der Waals surface area (Å²) < 4.78 is 0. The van der Waals surface area contributed by atoms with Gasteiger partial charge in [0.05, 0.1) is 0 Å². The summed E-state index contributed by atoms with van der Waals surface area (Å²) in [5.41, 5.74) is 10.9. The van der Waals surface area contributed by atoms with Gasteiger partial charge in [0.1, 0.15) is 0 Å². The van der Waals surface area contributed by atoms with Gasteiger partial charge in [0.2, 0.25) is 0 Å². The van der Waals surface area contributed by atoms with E-state index in [0.717, 1.165) is 30.5 Å². The summed E-state index contributed by atoms with van der Waals surface area (Å²) >= 11 is 0. The van der Waals surface area contributed by atoms with Crippen molar-refractivity contribution < 1.29 is 4.79 Å². The van der Waals surface area contributed by atoms with Crippen LogP contribution in [0.5, 0.6) is 0 Å². The van der Waals surface area contributed by atoms with E-state index < -0.39 is 0 Å². The Balaban J connectivity index is 1.31. The first-order valence-corrected chi connectivity index (χ1v) is 11.5. The van der Waals surface area contributed by atoms with Crippen molar-refractivity contribution in [2.24, 2.45) is 0 Å². The lowest BCUT2D eigenvalue weighted by molar-refractivity contribution is 0.0966. The minimum Gasteiger partial charge on any atom is -0.357 e. The Morgan fingerprint density at radius 3 is 2.69 bits per heavy atom. The lowest BCUT2D eigenvalue weighted by Gasteiger charge is -2.24. The number of amides is 1. The summed E-state index contributed by atoms with van der Waals surface area (Å²) in [6, 6.07) is 22.0. The van der Waals surface area contributed by atoms with Crippen LogP contribution in [0.15, 0.2) is 60.7 Å². The third-order valence-electron chi connectivity index (χ3n) is 7.00. The standard InChI is InChI=1S/C28H27N3O/c1-17-5-7-18(8-6-17)15-29-26-4-2-3-23-24-14-20(10-12-25(24)31-27(23)26)19-9-11-22-21(13-19)16-30-28(22)32/h5-14,26,29,31H,2-4,15-16H2,1H3,(H,30,32). The molecule has 2 aliphatic rings. The molecule has 4 aromatic rings. The van der Waals surface area contributed by atoms with Gasteiger partial charge in [-0.2, -0.15) is 0 Å². The molecule has 1 unspecified atom stereocenters. The predicted octanol–water partition coefficient (Wildman–Crippen LogP) is 5.55. The number of carbonyl (C=O) groups excluding carboxylic acids is 1. The van der Waals surface area contributed by atoms with Gasteiger partial charge in [0.15, 0.2) is 0 Å². The van der Waals surface area contributed by atoms with Crippen LogP contribution in [-0.4, -0.2) is 10.9 Å². The number of aromatic nitrogens is 1. The van der Waals surface area contributed by atoms with Gasteiger partial charge in [0, 0.05) is 41.3 Å². The van der Waals surface area contributed by atoms with Gasteiger partial charge >= 0.3 is 0 Å². The minimum absolute atomic E-state index is 0.0332. The summed E-state index contributed by atoms with van der Waals surface area (Å²) in [6.07, 6.45) is 3.47. The van der Waals surface area contributed by atoms with Crippen molar-refractivity contribution in [1.82, 2.24) is 15.6 Å². The molecular formula is C28H27N3O. The van der Waals surface area contributed by atoms with E-state index in [1.807, 2.05) is 6.07 Å². The third kappa shape index (κ3) is 3.32. The molecular weight excluding hydrogens is 394 g/mol. The Kier molecular flexibility index (Phi) is 4.62. The van der Waals surface area contributed by atoms with E-state index in [2.05, 4.69) is 77.1 Å². The maximum Gasteiger partial charge on any atom is 0.251 e. The summed E-state index contributed by atoms with van der Waals surface area (Å²) in [5, 5.41) is 8.02. The molecule has 160 valence electrons. The molecule has 1 aliphatic heterocycles. The second-order valence-electron chi connectivity index (χ2n) is 9.14. The topological polar surface area (TPSA) is 56.9 Å². The Bertz CT molecular complexity index is 1330. The van der Waals surface area contributed by atoms with Crippen LogP contribution in [0.25, 0.3) is 22.0 Å². The molecule has 0 spiro atoms. The van der Waals surface area contributed by atoms with Crippen molar-refractivity contribution in [3.63, 3.8) is 0 Å². The van der Waals surface area contributed by atoms with E-state index in [9.17, 15) is 4.79 Å². The summed E-state index contributed by atoms with van der Waals surface area (Å²) in [5.74, 6) is 0.0332. The second kappa shape index (κ2) is 7.64. The fourth-order valence-corrected chi connectivity index (χ4v) is 5.21. The van der Waals surface area contributed by atoms with E-state index in [0.29, 0.717) is 12.6 Å². The molecule has 6 rings (SSSR count). The van der Waals surface area contributed by atoms with E-state index in [1.54, 1.807) is 0 Å². The van der Waals surface area contributed by atoms with Crippen LogP contribution in [0, 0.1) is 6.92 Å². The van der Waals surface area contributed by atoms with Gasteiger partial charge in [-0.25, -0.2) is 0 Å². The number of hydrogen-bond donors (Lipinski definition) is 3. The number of benzene rings is 3. The number of nitrogens with one attached hydrogen (secondary N) is 3. The fraction of sp³-hybridized carbons (Fsp3) is 0.250. The maximum atomic E-state index is 11.9. The fourth-order valence-electron chi connectivity index (χ4n) is 5.21. The van der Waals surface area contributed by atoms with Crippen LogP contribution in [0.1, 0.15) is 57.2 Å². The average Bonchev–Trinajstić information content (AvgIpc) is 3.38. The third-order valence-corrected chi connectivity index (χ3v) is 7.00. The molecule has 1 amide bonds. The number of rotatable bonds is 4. The summed E-state index contributed by atoms with van der Waals surface area (Å²) in [4.78, 5) is 15.6. The number of carbonyl (C=O) groups is 1. The van der Waals surface area contributed by atoms with Crippen LogP contribution in [-0.2, 0) is 19.5 Å². The molecule has 0 saturated carbocycles. The van der Waals surface area contributed by atoms with Crippen LogP contribution < -0.4 is 10.6 Å². The molecule has 1 atom stereocenters. The summed E-state index contributed by atoms with van der Waals surface area (Å²) in [6.45, 7) is 3.63. The van der Waals surface area contributed by atoms with Crippen molar-refractivity contribution >= 4 is 16.8 Å². The Hall–Kier alpha value is -3.37. The molecule has 1 aromatic heterocycles. The van der Waals surface area contributed by atoms with Gasteiger partial charge in [-0.05, 0) is 78.3 Å². The molecule has 3 aromatic carbocycles. The summed E-state index contributed by atoms with van der Waals surface area (Å²) in [7, 11) is 0. The minimum atomic E-state index is 0.0332. The monoisotopic (exact) mass is 421 g/mol. The lowest BCUT2D eigenvalue weighted by Crippen LogP contribution is -2.24. The zero-order chi connectivity index (χ0) is 21.7. The Morgan fingerprint density at radius 1 is 1.00 bits per heavy atom. The smallest absolute Gasteiger partial charge is 0.251 e. The number of aryl methyl sites for hydroxylation is 2. The molecule has 4 heteroatoms. The van der Waals surface area contributed by atoms with Crippen molar-refractivity contribution in [2.45, 2.75) is 45.3 Å². The molecule has 0 radical (unpaired) electrons. The SMILES string of the molecule is Cc1ccc(CNC2CCCc3c2[nH]c2ccc(-c4ccc5c(c4)CNC5=O)cc32)cc1. The highest BCUT2D eigenvalue weighted by Crippen LogP contribution is 2.37. The molecule has 4 nitrogen and oxygen atoms in total. The van der Waals surface area contributed by atoms with E-state index >= 15 is 0 Å².